The van der Waals surface area contributed by atoms with Crippen molar-refractivity contribution >= 4 is 29.0 Å². The zero-order valence-electron chi connectivity index (χ0n) is 10.1. The zero-order valence-corrected chi connectivity index (χ0v) is 10.9. The van der Waals surface area contributed by atoms with Crippen LogP contribution in [0, 0.1) is 6.92 Å². The number of benzene rings is 1. The van der Waals surface area contributed by atoms with Gasteiger partial charge in [0, 0.05) is 6.54 Å². The van der Waals surface area contributed by atoms with Crippen LogP contribution < -0.4 is 0 Å². The Hall–Kier alpha value is -1.81. The molecule has 3 nitrogen and oxygen atoms in total. The maximum absolute atomic E-state index is 11.9. The number of rotatable bonds is 3. The Balaban J connectivity index is 2.24. The summed E-state index contributed by atoms with van der Waals surface area (Å²) >= 11 is 0.972. The smallest absolute Gasteiger partial charge is 0.268 e. The van der Waals surface area contributed by atoms with Crippen molar-refractivity contribution in [1.82, 2.24) is 4.90 Å². The first kappa shape index (κ1) is 12.6. The van der Waals surface area contributed by atoms with Crippen molar-refractivity contribution in [2.45, 2.75) is 6.92 Å². The monoisotopic (exact) mass is 259 g/mol. The lowest BCUT2D eigenvalue weighted by molar-refractivity contribution is -0.122. The fourth-order valence-electron chi connectivity index (χ4n) is 1.60. The molecule has 1 aliphatic heterocycles. The molecule has 0 aliphatic carbocycles. The lowest BCUT2D eigenvalue weighted by atomic mass is 10.1. The van der Waals surface area contributed by atoms with Gasteiger partial charge in [0.2, 0.25) is 0 Å². The summed E-state index contributed by atoms with van der Waals surface area (Å²) < 4.78 is 0. The van der Waals surface area contributed by atoms with Crippen molar-refractivity contribution in [2.75, 3.05) is 6.54 Å². The zero-order chi connectivity index (χ0) is 13.1. The van der Waals surface area contributed by atoms with Gasteiger partial charge >= 0.3 is 0 Å². The summed E-state index contributed by atoms with van der Waals surface area (Å²) in [4.78, 5) is 25.2. The average Bonchev–Trinajstić information content (AvgIpc) is 2.60. The van der Waals surface area contributed by atoms with Crippen LogP contribution in [-0.2, 0) is 4.79 Å². The summed E-state index contributed by atoms with van der Waals surface area (Å²) in [5, 5.41) is -0.238. The summed E-state index contributed by atoms with van der Waals surface area (Å²) in [5.74, 6) is -0.245. The van der Waals surface area contributed by atoms with Crippen LogP contribution in [-0.4, -0.2) is 22.6 Å². The van der Waals surface area contributed by atoms with Crippen LogP contribution >= 0.6 is 11.8 Å². The summed E-state index contributed by atoms with van der Waals surface area (Å²) in [6.45, 7) is 5.80. The molecule has 92 valence electrons. The van der Waals surface area contributed by atoms with Crippen LogP contribution in [0.4, 0.5) is 4.79 Å². The number of hydrogen-bond acceptors (Lipinski definition) is 3. The van der Waals surface area contributed by atoms with Crippen molar-refractivity contribution < 1.29 is 9.59 Å². The van der Waals surface area contributed by atoms with Crippen LogP contribution in [0.2, 0.25) is 0 Å². The molecule has 1 aromatic carbocycles. The maximum atomic E-state index is 11.9. The van der Waals surface area contributed by atoms with E-state index < -0.39 is 0 Å². The molecule has 0 aromatic heterocycles. The summed E-state index contributed by atoms with van der Waals surface area (Å²) in [6.07, 6.45) is 3.29. The number of aryl methyl sites for hydroxylation is 1. The molecule has 18 heavy (non-hydrogen) atoms. The van der Waals surface area contributed by atoms with E-state index in [2.05, 4.69) is 6.58 Å². The third-order valence-electron chi connectivity index (χ3n) is 2.56. The number of carbonyl (C=O) groups is 2. The van der Waals surface area contributed by atoms with E-state index in [0.717, 1.165) is 22.9 Å². The standard InChI is InChI=1S/C14H13NO2S/c1-3-8-15-13(16)12(18-14(15)17)9-11-6-4-10(2)5-7-11/h3-7,9H,1,8H2,2H3/b12-9+. The van der Waals surface area contributed by atoms with E-state index in [-0.39, 0.29) is 17.7 Å². The van der Waals surface area contributed by atoms with E-state index in [1.807, 2.05) is 31.2 Å². The summed E-state index contributed by atoms with van der Waals surface area (Å²) in [5.41, 5.74) is 2.08. The SMILES string of the molecule is C=CCN1C(=O)S/C(=C/c2ccc(C)cc2)C1=O. The van der Waals surface area contributed by atoms with Gasteiger partial charge < -0.3 is 0 Å². The lowest BCUT2D eigenvalue weighted by Crippen LogP contribution is -2.27. The molecule has 1 saturated heterocycles. The second-order valence-electron chi connectivity index (χ2n) is 3.99. The van der Waals surface area contributed by atoms with E-state index in [1.165, 1.54) is 4.90 Å². The number of carbonyl (C=O) groups excluding carboxylic acids is 2. The number of imide groups is 1. The summed E-state index contributed by atoms with van der Waals surface area (Å²) in [6, 6.07) is 7.80. The van der Waals surface area contributed by atoms with E-state index >= 15 is 0 Å². The van der Waals surface area contributed by atoms with Gasteiger partial charge in [0.15, 0.2) is 0 Å². The molecule has 0 radical (unpaired) electrons. The minimum absolute atomic E-state index is 0.238. The topological polar surface area (TPSA) is 37.4 Å². The predicted molar refractivity (Wildman–Crippen MR) is 74.1 cm³/mol. The van der Waals surface area contributed by atoms with Crippen molar-refractivity contribution in [3.05, 3.63) is 53.0 Å². The highest BCUT2D eigenvalue weighted by molar-refractivity contribution is 8.18. The molecule has 0 unspecified atom stereocenters. The largest absolute Gasteiger partial charge is 0.293 e. The van der Waals surface area contributed by atoms with Gasteiger partial charge in [-0.1, -0.05) is 35.9 Å². The van der Waals surface area contributed by atoms with E-state index in [0.29, 0.717) is 4.91 Å². The van der Waals surface area contributed by atoms with Crippen molar-refractivity contribution in [3.8, 4) is 0 Å². The highest BCUT2D eigenvalue weighted by Gasteiger charge is 2.33. The molecule has 4 heteroatoms. The fourth-order valence-corrected chi connectivity index (χ4v) is 2.45. The number of hydrogen-bond donors (Lipinski definition) is 0. The van der Waals surface area contributed by atoms with E-state index in [9.17, 15) is 9.59 Å². The van der Waals surface area contributed by atoms with Crippen molar-refractivity contribution in [1.29, 1.82) is 0 Å². The van der Waals surface area contributed by atoms with Crippen LogP contribution in [0.1, 0.15) is 11.1 Å². The molecule has 0 bridgehead atoms. The Morgan fingerprint density at radius 3 is 2.56 bits per heavy atom. The van der Waals surface area contributed by atoms with Crippen molar-refractivity contribution in [2.24, 2.45) is 0 Å². The van der Waals surface area contributed by atoms with Gasteiger partial charge in [-0.25, -0.2) is 0 Å². The molecule has 0 atom stereocenters. The first-order chi connectivity index (χ1) is 8.61. The molecule has 1 fully saturated rings. The number of amides is 2. The first-order valence-electron chi connectivity index (χ1n) is 5.55. The quantitative estimate of drug-likeness (QED) is 0.618. The van der Waals surface area contributed by atoms with Crippen LogP contribution in [0.3, 0.4) is 0 Å². The Kier molecular flexibility index (Phi) is 3.67. The molecular formula is C14H13NO2S. The third kappa shape index (κ3) is 2.54. The molecule has 2 rings (SSSR count). The molecule has 0 saturated carbocycles. The van der Waals surface area contributed by atoms with Crippen LogP contribution in [0.25, 0.3) is 6.08 Å². The lowest BCUT2D eigenvalue weighted by Gasteiger charge is -2.07. The Bertz CT molecular complexity index is 531. The molecule has 0 spiro atoms. The molecule has 1 heterocycles. The molecule has 2 amide bonds. The van der Waals surface area contributed by atoms with Gasteiger partial charge in [-0.2, -0.15) is 0 Å². The minimum Gasteiger partial charge on any atom is -0.268 e. The second-order valence-corrected chi connectivity index (χ2v) is 4.98. The van der Waals surface area contributed by atoms with Gasteiger partial charge in [-0.3, -0.25) is 14.5 Å². The average molecular weight is 259 g/mol. The van der Waals surface area contributed by atoms with Crippen LogP contribution in [0.15, 0.2) is 41.8 Å². The predicted octanol–water partition coefficient (Wildman–Crippen LogP) is 3.22. The molecular weight excluding hydrogens is 246 g/mol. The molecule has 0 N–H and O–H groups in total. The normalized spacial score (nSPS) is 17.6. The van der Waals surface area contributed by atoms with Gasteiger partial charge in [0.1, 0.15) is 0 Å². The highest BCUT2D eigenvalue weighted by Crippen LogP contribution is 2.31. The molecule has 1 aromatic rings. The van der Waals surface area contributed by atoms with Gasteiger partial charge in [0.25, 0.3) is 11.1 Å². The number of thioether (sulfide) groups is 1. The van der Waals surface area contributed by atoms with Gasteiger partial charge in [0.05, 0.1) is 4.91 Å². The van der Waals surface area contributed by atoms with E-state index in [1.54, 1.807) is 12.2 Å². The van der Waals surface area contributed by atoms with Crippen molar-refractivity contribution in [3.63, 3.8) is 0 Å². The summed E-state index contributed by atoms with van der Waals surface area (Å²) in [7, 11) is 0. The van der Waals surface area contributed by atoms with Gasteiger partial charge in [-0.15, -0.1) is 6.58 Å². The second kappa shape index (κ2) is 5.23. The van der Waals surface area contributed by atoms with Gasteiger partial charge in [-0.05, 0) is 30.3 Å². The van der Waals surface area contributed by atoms with Crippen LogP contribution in [0.5, 0.6) is 0 Å². The maximum Gasteiger partial charge on any atom is 0.293 e. The molecule has 1 aliphatic rings. The Morgan fingerprint density at radius 2 is 1.94 bits per heavy atom. The first-order valence-corrected chi connectivity index (χ1v) is 6.36. The highest BCUT2D eigenvalue weighted by atomic mass is 32.2. The fraction of sp³-hybridized carbons (Fsp3) is 0.143. The Labute approximate surface area is 110 Å². The Morgan fingerprint density at radius 1 is 1.28 bits per heavy atom. The number of nitrogens with zero attached hydrogens (tertiary/aromatic N) is 1. The third-order valence-corrected chi connectivity index (χ3v) is 3.47. The van der Waals surface area contributed by atoms with E-state index in [4.69, 9.17) is 0 Å². The minimum atomic E-state index is -0.245.